The highest BCUT2D eigenvalue weighted by Gasteiger charge is 2.26. The van der Waals surface area contributed by atoms with Gasteiger partial charge in [0.1, 0.15) is 0 Å². The molecule has 2 saturated heterocycles. The van der Waals surface area contributed by atoms with Crippen LogP contribution >= 0.6 is 35.9 Å². The SMILES string of the molecule is Cl.NCC1CCN(C(=O)c2ccc(C3SCCS3)cc2)C1. The lowest BCUT2D eigenvalue weighted by Gasteiger charge is -2.17. The maximum atomic E-state index is 12.4. The van der Waals surface area contributed by atoms with Gasteiger partial charge in [0.25, 0.3) is 5.91 Å². The third kappa shape index (κ3) is 3.89. The van der Waals surface area contributed by atoms with Crippen LogP contribution in [-0.4, -0.2) is 41.9 Å². The number of halogens is 1. The van der Waals surface area contributed by atoms with E-state index in [-0.39, 0.29) is 18.3 Å². The fourth-order valence-electron chi connectivity index (χ4n) is 2.73. The molecule has 116 valence electrons. The van der Waals surface area contributed by atoms with Crippen molar-refractivity contribution in [3.8, 4) is 0 Å². The lowest BCUT2D eigenvalue weighted by Crippen LogP contribution is -2.29. The fourth-order valence-corrected chi connectivity index (χ4v) is 5.59. The molecule has 0 bridgehead atoms. The standard InChI is InChI=1S/C15H20N2OS2.ClH/c16-9-11-5-6-17(10-11)14(18)12-1-3-13(4-2-12)15-19-7-8-20-15;/h1-4,11,15H,5-10,16H2;1H. The van der Waals surface area contributed by atoms with E-state index >= 15 is 0 Å². The summed E-state index contributed by atoms with van der Waals surface area (Å²) in [7, 11) is 0. The van der Waals surface area contributed by atoms with Crippen LogP contribution in [0.1, 0.15) is 26.9 Å². The first kappa shape index (κ1) is 17.0. The number of hydrogen-bond acceptors (Lipinski definition) is 4. The molecule has 1 aromatic carbocycles. The number of nitrogens with two attached hydrogens (primary N) is 1. The summed E-state index contributed by atoms with van der Waals surface area (Å²) in [6, 6.07) is 8.18. The molecular weight excluding hydrogens is 324 g/mol. The van der Waals surface area contributed by atoms with Crippen LogP contribution < -0.4 is 5.73 Å². The molecule has 2 aliphatic rings. The molecule has 0 aromatic heterocycles. The zero-order valence-electron chi connectivity index (χ0n) is 11.9. The number of carbonyl (C=O) groups excluding carboxylic acids is 1. The smallest absolute Gasteiger partial charge is 0.253 e. The maximum absolute atomic E-state index is 12.4. The van der Waals surface area contributed by atoms with Gasteiger partial charge >= 0.3 is 0 Å². The molecule has 3 rings (SSSR count). The first-order chi connectivity index (χ1) is 9.78. The van der Waals surface area contributed by atoms with Crippen molar-refractivity contribution in [2.75, 3.05) is 31.1 Å². The van der Waals surface area contributed by atoms with Gasteiger partial charge in [-0.3, -0.25) is 4.79 Å². The lowest BCUT2D eigenvalue weighted by atomic mass is 10.1. The molecule has 0 radical (unpaired) electrons. The Morgan fingerprint density at radius 1 is 1.24 bits per heavy atom. The minimum Gasteiger partial charge on any atom is -0.338 e. The average molecular weight is 345 g/mol. The van der Waals surface area contributed by atoms with Gasteiger partial charge in [0.2, 0.25) is 0 Å². The van der Waals surface area contributed by atoms with E-state index in [4.69, 9.17) is 5.73 Å². The quantitative estimate of drug-likeness (QED) is 0.915. The van der Waals surface area contributed by atoms with Crippen molar-refractivity contribution in [3.05, 3.63) is 35.4 Å². The van der Waals surface area contributed by atoms with Gasteiger partial charge in [0.15, 0.2) is 0 Å². The number of hydrogen-bond donors (Lipinski definition) is 1. The first-order valence-corrected chi connectivity index (χ1v) is 9.20. The number of nitrogens with zero attached hydrogens (tertiary/aromatic N) is 1. The zero-order valence-corrected chi connectivity index (χ0v) is 14.3. The second kappa shape index (κ2) is 7.77. The Morgan fingerprint density at radius 3 is 2.48 bits per heavy atom. The Hall–Kier alpha value is -0.360. The second-order valence-corrected chi connectivity index (χ2v) is 8.06. The predicted octanol–water partition coefficient (Wildman–Crippen LogP) is 3.01. The van der Waals surface area contributed by atoms with Gasteiger partial charge in [-0.05, 0) is 36.6 Å². The third-order valence-electron chi connectivity index (χ3n) is 3.96. The molecular formula is C15H21ClN2OS2. The van der Waals surface area contributed by atoms with Gasteiger partial charge < -0.3 is 10.6 Å². The summed E-state index contributed by atoms with van der Waals surface area (Å²) in [4.78, 5) is 14.4. The normalized spacial score (nSPS) is 22.3. The van der Waals surface area contributed by atoms with E-state index in [1.165, 1.54) is 17.1 Å². The molecule has 1 atom stereocenters. The topological polar surface area (TPSA) is 46.3 Å². The monoisotopic (exact) mass is 344 g/mol. The van der Waals surface area contributed by atoms with Gasteiger partial charge in [0, 0.05) is 30.2 Å². The molecule has 2 fully saturated rings. The highest BCUT2D eigenvalue weighted by atomic mass is 35.5. The number of rotatable bonds is 3. The van der Waals surface area contributed by atoms with Crippen LogP contribution in [0.15, 0.2) is 24.3 Å². The molecule has 2 N–H and O–H groups in total. The Labute approximate surface area is 140 Å². The molecule has 0 spiro atoms. The summed E-state index contributed by atoms with van der Waals surface area (Å²) < 4.78 is 0.549. The number of likely N-dealkylation sites (tertiary alicyclic amines) is 1. The number of thioether (sulfide) groups is 2. The van der Waals surface area contributed by atoms with Gasteiger partial charge in [-0.1, -0.05) is 12.1 Å². The van der Waals surface area contributed by atoms with Crippen molar-refractivity contribution < 1.29 is 4.79 Å². The van der Waals surface area contributed by atoms with Gasteiger partial charge in [0.05, 0.1) is 4.58 Å². The Balaban J connectivity index is 0.00000161. The largest absolute Gasteiger partial charge is 0.338 e. The van der Waals surface area contributed by atoms with Crippen LogP contribution in [0.4, 0.5) is 0 Å². The van der Waals surface area contributed by atoms with Crippen molar-refractivity contribution in [3.63, 3.8) is 0 Å². The summed E-state index contributed by atoms with van der Waals surface area (Å²) in [5.41, 5.74) is 7.82. The molecule has 0 aliphatic carbocycles. The van der Waals surface area contributed by atoms with Crippen LogP contribution in [0.5, 0.6) is 0 Å². The molecule has 2 aliphatic heterocycles. The van der Waals surface area contributed by atoms with Crippen LogP contribution in [0.3, 0.4) is 0 Å². The van der Waals surface area contributed by atoms with Crippen molar-refractivity contribution in [1.29, 1.82) is 0 Å². The molecule has 6 heteroatoms. The Morgan fingerprint density at radius 2 is 1.90 bits per heavy atom. The number of carbonyl (C=O) groups is 1. The summed E-state index contributed by atoms with van der Waals surface area (Å²) in [5, 5.41) is 0. The molecule has 2 heterocycles. The second-order valence-electron chi connectivity index (χ2n) is 5.34. The Kier molecular flexibility index (Phi) is 6.29. The summed E-state index contributed by atoms with van der Waals surface area (Å²) in [6.45, 7) is 2.33. The van der Waals surface area contributed by atoms with Crippen LogP contribution in [0.2, 0.25) is 0 Å². The van der Waals surface area contributed by atoms with Crippen molar-refractivity contribution in [2.24, 2.45) is 11.7 Å². The van der Waals surface area contributed by atoms with Gasteiger partial charge in [-0.2, -0.15) is 0 Å². The summed E-state index contributed by atoms with van der Waals surface area (Å²) in [5.74, 6) is 3.08. The van der Waals surface area contributed by atoms with Gasteiger partial charge in [-0.25, -0.2) is 0 Å². The highest BCUT2D eigenvalue weighted by Crippen LogP contribution is 2.45. The van der Waals surface area contributed by atoms with Crippen molar-refractivity contribution >= 4 is 41.8 Å². The van der Waals surface area contributed by atoms with E-state index in [2.05, 4.69) is 12.1 Å². The van der Waals surface area contributed by atoms with E-state index in [1.54, 1.807) is 0 Å². The highest BCUT2D eigenvalue weighted by molar-refractivity contribution is 8.19. The maximum Gasteiger partial charge on any atom is 0.253 e. The van der Waals surface area contributed by atoms with Gasteiger partial charge in [-0.15, -0.1) is 35.9 Å². The summed E-state index contributed by atoms with van der Waals surface area (Å²) in [6.07, 6.45) is 1.04. The minimum atomic E-state index is 0. The van der Waals surface area contributed by atoms with E-state index in [0.29, 0.717) is 17.0 Å². The average Bonchev–Trinajstić information content (AvgIpc) is 3.18. The minimum absolute atomic E-state index is 0. The fraction of sp³-hybridized carbons (Fsp3) is 0.533. The number of amides is 1. The molecule has 1 aromatic rings. The molecule has 1 amide bonds. The molecule has 3 nitrogen and oxygen atoms in total. The van der Waals surface area contributed by atoms with E-state index in [0.717, 1.165) is 25.1 Å². The van der Waals surface area contributed by atoms with Crippen molar-refractivity contribution in [1.82, 2.24) is 4.90 Å². The van der Waals surface area contributed by atoms with Crippen molar-refractivity contribution in [2.45, 2.75) is 11.0 Å². The third-order valence-corrected chi connectivity index (χ3v) is 7.06. The number of benzene rings is 1. The zero-order chi connectivity index (χ0) is 13.9. The molecule has 1 unspecified atom stereocenters. The lowest BCUT2D eigenvalue weighted by molar-refractivity contribution is 0.0787. The van der Waals surface area contributed by atoms with E-state index in [9.17, 15) is 4.79 Å². The summed E-state index contributed by atoms with van der Waals surface area (Å²) >= 11 is 3.98. The Bertz CT molecular complexity index is 477. The predicted molar refractivity (Wildman–Crippen MR) is 94.4 cm³/mol. The van der Waals surface area contributed by atoms with Crippen LogP contribution in [0, 0.1) is 5.92 Å². The van der Waals surface area contributed by atoms with Crippen LogP contribution in [0.25, 0.3) is 0 Å². The molecule has 21 heavy (non-hydrogen) atoms. The first-order valence-electron chi connectivity index (χ1n) is 7.10. The van der Waals surface area contributed by atoms with E-state index < -0.39 is 0 Å². The van der Waals surface area contributed by atoms with E-state index in [1.807, 2.05) is 40.6 Å². The molecule has 0 saturated carbocycles. The van der Waals surface area contributed by atoms with Crippen LogP contribution in [-0.2, 0) is 0 Å².